The Kier molecular flexibility index (Phi) is 2.08. The third-order valence-electron chi connectivity index (χ3n) is 2.15. The maximum Gasteiger partial charge on any atom is 0.0439 e. The lowest BCUT2D eigenvalue weighted by atomic mass is 10.0. The summed E-state index contributed by atoms with van der Waals surface area (Å²) in [5.41, 5.74) is 2.58. The monoisotopic (exact) mass is 235 g/mol. The zero-order chi connectivity index (χ0) is 9.42. The first kappa shape index (κ1) is 8.70. The predicted octanol–water partition coefficient (Wildman–Crippen LogP) is 3.61. The van der Waals surface area contributed by atoms with E-state index in [2.05, 4.69) is 46.9 Å². The molecule has 0 fully saturated rings. The minimum absolute atomic E-state index is 1.07. The van der Waals surface area contributed by atoms with Crippen molar-refractivity contribution in [3.05, 3.63) is 40.1 Å². The highest BCUT2D eigenvalue weighted by atomic mass is 79.9. The molecule has 66 valence electrons. The van der Waals surface area contributed by atoms with Gasteiger partial charge in [0.15, 0.2) is 0 Å². The lowest BCUT2D eigenvalue weighted by Crippen LogP contribution is -1.84. The highest BCUT2D eigenvalue weighted by Gasteiger charge is 2.02. The number of pyridine rings is 1. The molecule has 0 bridgehead atoms. The molecule has 0 aliphatic carbocycles. The minimum Gasteiger partial charge on any atom is -0.263 e. The van der Waals surface area contributed by atoms with Gasteiger partial charge in [-0.3, -0.25) is 4.98 Å². The van der Waals surface area contributed by atoms with E-state index in [1.54, 1.807) is 0 Å². The number of halogens is 1. The van der Waals surface area contributed by atoms with E-state index < -0.39 is 0 Å². The maximum absolute atomic E-state index is 4.15. The molecule has 0 N–H and O–H groups in total. The lowest BCUT2D eigenvalue weighted by molar-refractivity contribution is 1.33. The molecule has 1 heterocycles. The minimum atomic E-state index is 1.07. The van der Waals surface area contributed by atoms with Gasteiger partial charge in [-0.2, -0.15) is 0 Å². The molecule has 0 unspecified atom stereocenters. The fraction of sp³-hybridized carbons (Fsp3) is 0.182. The van der Waals surface area contributed by atoms with Crippen molar-refractivity contribution in [1.82, 2.24) is 4.98 Å². The summed E-state index contributed by atoms with van der Waals surface area (Å²) in [6.07, 6.45) is 3.74. The van der Waals surface area contributed by atoms with Crippen LogP contribution in [0.25, 0.3) is 10.8 Å². The number of rotatable bonds is 0. The molecule has 1 nitrogen and oxygen atoms in total. The van der Waals surface area contributed by atoms with Crippen molar-refractivity contribution in [2.24, 2.45) is 0 Å². The molecule has 1 aromatic carbocycles. The lowest BCUT2D eigenvalue weighted by Gasteiger charge is -2.05. The van der Waals surface area contributed by atoms with Crippen LogP contribution in [0.4, 0.5) is 0 Å². The standard InChI is InChI=1S/C11H10BrN/c1-7-3-8(2)11-9(4-7)5-13-6-10(11)12/h3-6H,1-2H3. The average Bonchev–Trinajstić information content (AvgIpc) is 2.02. The molecule has 0 amide bonds. The Morgan fingerprint density at radius 3 is 2.69 bits per heavy atom. The van der Waals surface area contributed by atoms with E-state index >= 15 is 0 Å². The molecule has 13 heavy (non-hydrogen) atoms. The van der Waals surface area contributed by atoms with Crippen LogP contribution in [0.3, 0.4) is 0 Å². The summed E-state index contributed by atoms with van der Waals surface area (Å²) in [6, 6.07) is 4.34. The van der Waals surface area contributed by atoms with Crippen LogP contribution in [0, 0.1) is 13.8 Å². The van der Waals surface area contributed by atoms with Crippen LogP contribution < -0.4 is 0 Å². The van der Waals surface area contributed by atoms with E-state index in [9.17, 15) is 0 Å². The number of aryl methyl sites for hydroxylation is 2. The van der Waals surface area contributed by atoms with Crippen LogP contribution >= 0.6 is 15.9 Å². The Hall–Kier alpha value is -0.890. The topological polar surface area (TPSA) is 12.9 Å². The van der Waals surface area contributed by atoms with Crippen molar-refractivity contribution in [2.45, 2.75) is 13.8 Å². The first-order valence-electron chi connectivity index (χ1n) is 4.19. The molecule has 0 aliphatic heterocycles. The molecular weight excluding hydrogens is 226 g/mol. The Balaban J connectivity index is 2.94. The van der Waals surface area contributed by atoms with Crippen LogP contribution in [-0.4, -0.2) is 4.98 Å². The van der Waals surface area contributed by atoms with Crippen LogP contribution in [0.2, 0.25) is 0 Å². The SMILES string of the molecule is Cc1cc(C)c2c(Br)cncc2c1. The summed E-state index contributed by atoms with van der Waals surface area (Å²) in [4.78, 5) is 4.15. The van der Waals surface area contributed by atoms with Gasteiger partial charge in [0.25, 0.3) is 0 Å². The fourth-order valence-electron chi connectivity index (χ4n) is 1.68. The number of aromatic nitrogens is 1. The van der Waals surface area contributed by atoms with Gasteiger partial charge < -0.3 is 0 Å². The van der Waals surface area contributed by atoms with Gasteiger partial charge in [0.05, 0.1) is 0 Å². The molecule has 0 aliphatic rings. The quantitative estimate of drug-likeness (QED) is 0.680. The van der Waals surface area contributed by atoms with Gasteiger partial charge >= 0.3 is 0 Å². The van der Waals surface area contributed by atoms with Crippen molar-refractivity contribution in [3.63, 3.8) is 0 Å². The number of hydrogen-bond donors (Lipinski definition) is 0. The Bertz CT molecular complexity index is 463. The molecule has 0 saturated carbocycles. The molecule has 2 rings (SSSR count). The van der Waals surface area contributed by atoms with Crippen molar-refractivity contribution in [3.8, 4) is 0 Å². The second kappa shape index (κ2) is 3.11. The van der Waals surface area contributed by atoms with Gasteiger partial charge in [-0.05, 0) is 41.4 Å². The Morgan fingerprint density at radius 2 is 1.92 bits per heavy atom. The first-order valence-corrected chi connectivity index (χ1v) is 4.98. The van der Waals surface area contributed by atoms with Gasteiger partial charge in [0.2, 0.25) is 0 Å². The second-order valence-corrected chi connectivity index (χ2v) is 4.16. The fourth-order valence-corrected chi connectivity index (χ4v) is 2.34. The normalized spacial score (nSPS) is 10.7. The van der Waals surface area contributed by atoms with Gasteiger partial charge in [0, 0.05) is 27.6 Å². The Morgan fingerprint density at radius 1 is 1.15 bits per heavy atom. The van der Waals surface area contributed by atoms with Gasteiger partial charge in [-0.1, -0.05) is 11.6 Å². The summed E-state index contributed by atoms with van der Waals surface area (Å²) in [7, 11) is 0. The molecule has 2 aromatic rings. The highest BCUT2D eigenvalue weighted by Crippen LogP contribution is 2.26. The molecule has 1 aromatic heterocycles. The number of nitrogens with zero attached hydrogens (tertiary/aromatic N) is 1. The maximum atomic E-state index is 4.15. The molecule has 0 atom stereocenters. The molecule has 0 radical (unpaired) electrons. The molecule has 0 saturated heterocycles. The van der Waals surface area contributed by atoms with Gasteiger partial charge in [-0.25, -0.2) is 0 Å². The predicted molar refractivity (Wildman–Crippen MR) is 58.9 cm³/mol. The van der Waals surface area contributed by atoms with Gasteiger partial charge in [0.1, 0.15) is 0 Å². The zero-order valence-electron chi connectivity index (χ0n) is 7.63. The highest BCUT2D eigenvalue weighted by molar-refractivity contribution is 9.10. The van der Waals surface area contributed by atoms with E-state index in [1.165, 1.54) is 21.9 Å². The molecule has 2 heteroatoms. The van der Waals surface area contributed by atoms with Crippen molar-refractivity contribution >= 4 is 26.7 Å². The van der Waals surface area contributed by atoms with E-state index in [4.69, 9.17) is 0 Å². The largest absolute Gasteiger partial charge is 0.263 e. The Labute approximate surface area is 85.9 Å². The zero-order valence-corrected chi connectivity index (χ0v) is 9.22. The third kappa shape index (κ3) is 1.46. The summed E-state index contributed by atoms with van der Waals surface area (Å²) in [6.45, 7) is 4.23. The van der Waals surface area contributed by atoms with Crippen LogP contribution in [0.15, 0.2) is 29.0 Å². The number of hydrogen-bond acceptors (Lipinski definition) is 1. The van der Waals surface area contributed by atoms with Crippen LogP contribution in [-0.2, 0) is 0 Å². The second-order valence-electron chi connectivity index (χ2n) is 3.30. The third-order valence-corrected chi connectivity index (χ3v) is 2.75. The summed E-state index contributed by atoms with van der Waals surface area (Å²) in [5, 5.41) is 2.47. The first-order chi connectivity index (χ1) is 6.18. The number of benzene rings is 1. The van der Waals surface area contributed by atoms with Gasteiger partial charge in [-0.15, -0.1) is 0 Å². The summed E-state index contributed by atoms with van der Waals surface area (Å²) in [5.74, 6) is 0. The van der Waals surface area contributed by atoms with Crippen molar-refractivity contribution in [2.75, 3.05) is 0 Å². The van der Waals surface area contributed by atoms with Crippen molar-refractivity contribution in [1.29, 1.82) is 0 Å². The number of fused-ring (bicyclic) bond motifs is 1. The van der Waals surface area contributed by atoms with Crippen molar-refractivity contribution < 1.29 is 0 Å². The van der Waals surface area contributed by atoms with Crippen LogP contribution in [0.5, 0.6) is 0 Å². The molecule has 0 spiro atoms. The summed E-state index contributed by atoms with van der Waals surface area (Å²) >= 11 is 3.51. The van der Waals surface area contributed by atoms with Crippen LogP contribution in [0.1, 0.15) is 11.1 Å². The summed E-state index contributed by atoms with van der Waals surface area (Å²) < 4.78 is 1.07. The average molecular weight is 236 g/mol. The molecular formula is C11H10BrN. The van der Waals surface area contributed by atoms with E-state index in [0.717, 1.165) is 4.47 Å². The van der Waals surface area contributed by atoms with E-state index in [-0.39, 0.29) is 0 Å². The van der Waals surface area contributed by atoms with E-state index in [0.29, 0.717) is 0 Å². The smallest absolute Gasteiger partial charge is 0.0439 e. The van der Waals surface area contributed by atoms with E-state index in [1.807, 2.05) is 12.4 Å².